The van der Waals surface area contributed by atoms with Crippen LogP contribution in [0.3, 0.4) is 0 Å². The van der Waals surface area contributed by atoms with E-state index in [-0.39, 0.29) is 5.54 Å². The summed E-state index contributed by atoms with van der Waals surface area (Å²) in [7, 11) is 0. The zero-order valence-corrected chi connectivity index (χ0v) is 10.00. The van der Waals surface area contributed by atoms with Crippen LogP contribution in [0, 0.1) is 23.2 Å². The Morgan fingerprint density at radius 3 is 2.13 bits per heavy atom. The third-order valence-electron chi connectivity index (χ3n) is 4.66. The van der Waals surface area contributed by atoms with Gasteiger partial charge in [0.15, 0.2) is 0 Å². The fraction of sp³-hybridized carbons (Fsp3) is 0.923. The van der Waals surface area contributed by atoms with E-state index in [1.165, 1.54) is 25.7 Å². The quantitative estimate of drug-likeness (QED) is 0.707. The second-order valence-electron chi connectivity index (χ2n) is 5.00. The third kappa shape index (κ3) is 1.49. The van der Waals surface area contributed by atoms with Gasteiger partial charge in [-0.25, -0.2) is 0 Å². The summed E-state index contributed by atoms with van der Waals surface area (Å²) in [6, 6.07) is 2.43. The second-order valence-corrected chi connectivity index (χ2v) is 5.00. The lowest BCUT2D eigenvalue weighted by Crippen LogP contribution is -2.39. The Morgan fingerprint density at radius 2 is 1.73 bits per heavy atom. The minimum atomic E-state index is 0.286. The molecule has 2 nitrogen and oxygen atoms in total. The normalized spacial score (nSPS) is 38.5. The number of fused-ring (bicyclic) bond motifs is 1. The van der Waals surface area contributed by atoms with Crippen LogP contribution in [0.1, 0.15) is 46.0 Å². The third-order valence-corrected chi connectivity index (χ3v) is 4.66. The monoisotopic (exact) mass is 206 g/mol. The fourth-order valence-electron chi connectivity index (χ4n) is 4.00. The molecule has 0 radical (unpaired) electrons. The molecule has 2 rings (SSSR count). The van der Waals surface area contributed by atoms with Gasteiger partial charge >= 0.3 is 0 Å². The Kier molecular flexibility index (Phi) is 3.02. The molecule has 0 aromatic carbocycles. The average Bonchev–Trinajstić information content (AvgIpc) is 2.91. The number of hydrogen-bond donors (Lipinski definition) is 0. The van der Waals surface area contributed by atoms with E-state index in [2.05, 4.69) is 24.8 Å². The van der Waals surface area contributed by atoms with Crippen molar-refractivity contribution in [2.75, 3.05) is 13.1 Å². The Hall–Kier alpha value is -0.550. The lowest BCUT2D eigenvalue weighted by Gasteiger charge is -2.30. The fourth-order valence-corrected chi connectivity index (χ4v) is 4.00. The summed E-state index contributed by atoms with van der Waals surface area (Å²) in [6.45, 7) is 6.66. The minimum absolute atomic E-state index is 0.286. The Balaban J connectivity index is 2.16. The molecule has 0 aromatic heterocycles. The maximum Gasteiger partial charge on any atom is 0.0641 e. The van der Waals surface area contributed by atoms with Crippen LogP contribution in [0.25, 0.3) is 0 Å². The van der Waals surface area contributed by atoms with Gasteiger partial charge < -0.3 is 0 Å². The van der Waals surface area contributed by atoms with Gasteiger partial charge in [-0.05, 0) is 37.8 Å². The first kappa shape index (κ1) is 11.0. The van der Waals surface area contributed by atoms with Crippen molar-refractivity contribution >= 4 is 0 Å². The van der Waals surface area contributed by atoms with E-state index < -0.39 is 0 Å². The number of hydrogen-bond acceptors (Lipinski definition) is 2. The Labute approximate surface area is 93.3 Å². The summed E-state index contributed by atoms with van der Waals surface area (Å²) in [5.74, 6) is 1.68. The highest BCUT2D eigenvalue weighted by Gasteiger charge is 2.66. The van der Waals surface area contributed by atoms with Gasteiger partial charge in [0.25, 0.3) is 0 Å². The molecule has 15 heavy (non-hydrogen) atoms. The first-order chi connectivity index (χ1) is 7.31. The standard InChI is InChI=1S/C13H22N2/c1-3-15(4-2)13(9-10-14)11-7-5-6-8-12(11)13/h11-12H,3-9H2,1-2H3/t11-,12+,13?. The molecule has 2 aliphatic carbocycles. The molecule has 0 heterocycles. The van der Waals surface area contributed by atoms with Gasteiger partial charge in [-0.3, -0.25) is 4.90 Å². The Morgan fingerprint density at radius 1 is 1.20 bits per heavy atom. The molecule has 2 fully saturated rings. The first-order valence-corrected chi connectivity index (χ1v) is 6.43. The number of rotatable bonds is 4. The zero-order chi connectivity index (χ0) is 10.9. The molecule has 2 aliphatic rings. The predicted octanol–water partition coefficient (Wildman–Crippen LogP) is 2.80. The minimum Gasteiger partial charge on any atom is -0.297 e. The SMILES string of the molecule is CCN(CC)C1(CC#N)[C@@H]2CCCC[C@@H]21. The maximum absolute atomic E-state index is 9.05. The van der Waals surface area contributed by atoms with E-state index in [1.54, 1.807) is 0 Å². The molecular formula is C13H22N2. The van der Waals surface area contributed by atoms with Crippen molar-refractivity contribution in [1.29, 1.82) is 5.26 Å². The van der Waals surface area contributed by atoms with Crippen LogP contribution < -0.4 is 0 Å². The topological polar surface area (TPSA) is 27.0 Å². The summed E-state index contributed by atoms with van der Waals surface area (Å²) >= 11 is 0. The number of nitrogens with zero attached hydrogens (tertiary/aromatic N) is 2. The highest BCUT2D eigenvalue weighted by molar-refractivity contribution is 5.22. The smallest absolute Gasteiger partial charge is 0.0641 e. The van der Waals surface area contributed by atoms with Gasteiger partial charge in [0.2, 0.25) is 0 Å². The lowest BCUT2D eigenvalue weighted by molar-refractivity contribution is 0.171. The molecule has 84 valence electrons. The van der Waals surface area contributed by atoms with E-state index in [0.717, 1.165) is 31.3 Å². The van der Waals surface area contributed by atoms with Gasteiger partial charge in [-0.1, -0.05) is 26.7 Å². The van der Waals surface area contributed by atoms with Gasteiger partial charge in [0.05, 0.1) is 12.5 Å². The molecule has 0 bridgehead atoms. The van der Waals surface area contributed by atoms with Crippen molar-refractivity contribution in [3.05, 3.63) is 0 Å². The number of nitriles is 1. The summed E-state index contributed by atoms with van der Waals surface area (Å²) in [6.07, 6.45) is 6.25. The van der Waals surface area contributed by atoms with E-state index in [1.807, 2.05) is 0 Å². The molecule has 0 spiro atoms. The molecule has 0 amide bonds. The molecule has 2 saturated carbocycles. The molecule has 3 atom stereocenters. The lowest BCUT2D eigenvalue weighted by atomic mass is 10.0. The van der Waals surface area contributed by atoms with Crippen molar-refractivity contribution in [2.24, 2.45) is 11.8 Å². The van der Waals surface area contributed by atoms with Crippen LogP contribution in [-0.2, 0) is 0 Å². The summed E-state index contributed by atoms with van der Waals surface area (Å²) in [5, 5.41) is 9.05. The van der Waals surface area contributed by atoms with Crippen molar-refractivity contribution in [3.8, 4) is 6.07 Å². The highest BCUT2D eigenvalue weighted by atomic mass is 15.2. The molecule has 0 aliphatic heterocycles. The molecule has 0 N–H and O–H groups in total. The largest absolute Gasteiger partial charge is 0.297 e. The summed E-state index contributed by atoms with van der Waals surface area (Å²) in [4.78, 5) is 2.55. The van der Waals surface area contributed by atoms with E-state index in [9.17, 15) is 0 Å². The van der Waals surface area contributed by atoms with Crippen molar-refractivity contribution in [3.63, 3.8) is 0 Å². The van der Waals surface area contributed by atoms with E-state index >= 15 is 0 Å². The highest BCUT2D eigenvalue weighted by Crippen LogP contribution is 2.63. The Bertz CT molecular complexity index is 250. The van der Waals surface area contributed by atoms with Gasteiger partial charge in [-0.2, -0.15) is 5.26 Å². The van der Waals surface area contributed by atoms with Gasteiger partial charge in [-0.15, -0.1) is 0 Å². The summed E-state index contributed by atoms with van der Waals surface area (Å²) < 4.78 is 0. The van der Waals surface area contributed by atoms with Crippen LogP contribution in [-0.4, -0.2) is 23.5 Å². The van der Waals surface area contributed by atoms with Crippen LogP contribution in [0.15, 0.2) is 0 Å². The van der Waals surface area contributed by atoms with Crippen molar-refractivity contribution in [1.82, 2.24) is 4.90 Å². The molecular weight excluding hydrogens is 184 g/mol. The van der Waals surface area contributed by atoms with E-state index in [0.29, 0.717) is 0 Å². The van der Waals surface area contributed by atoms with Crippen LogP contribution in [0.2, 0.25) is 0 Å². The van der Waals surface area contributed by atoms with Gasteiger partial charge in [0.1, 0.15) is 0 Å². The van der Waals surface area contributed by atoms with Crippen LogP contribution in [0.5, 0.6) is 0 Å². The predicted molar refractivity (Wildman–Crippen MR) is 61.3 cm³/mol. The molecule has 0 saturated heterocycles. The van der Waals surface area contributed by atoms with Crippen LogP contribution >= 0.6 is 0 Å². The maximum atomic E-state index is 9.05. The van der Waals surface area contributed by atoms with E-state index in [4.69, 9.17) is 5.26 Å². The summed E-state index contributed by atoms with van der Waals surface area (Å²) in [5.41, 5.74) is 0.286. The molecule has 2 heteroatoms. The molecule has 1 unspecified atom stereocenters. The second kappa shape index (κ2) is 4.14. The van der Waals surface area contributed by atoms with Crippen molar-refractivity contribution < 1.29 is 0 Å². The van der Waals surface area contributed by atoms with Crippen LogP contribution in [0.4, 0.5) is 0 Å². The average molecular weight is 206 g/mol. The van der Waals surface area contributed by atoms with Gasteiger partial charge in [0, 0.05) is 5.54 Å². The first-order valence-electron chi connectivity index (χ1n) is 6.43. The molecule has 0 aromatic rings. The van der Waals surface area contributed by atoms with Crippen molar-refractivity contribution in [2.45, 2.75) is 51.5 Å². The zero-order valence-electron chi connectivity index (χ0n) is 10.00.